The van der Waals surface area contributed by atoms with Crippen molar-refractivity contribution in [1.82, 2.24) is 4.31 Å². The van der Waals surface area contributed by atoms with Crippen molar-refractivity contribution in [2.24, 2.45) is 0 Å². The number of nitrogens with zero attached hydrogens (tertiary/aromatic N) is 1. The standard InChI is InChI=1S/C11H11NO5S/c13-11-3-4-18(14,15)12(11)6-8-1-2-9-10(5-8)17-7-16-9/h1-2,5H,3-4,6-7H2. The van der Waals surface area contributed by atoms with E-state index in [0.717, 1.165) is 4.31 Å². The monoisotopic (exact) mass is 269 g/mol. The predicted molar refractivity (Wildman–Crippen MR) is 61.5 cm³/mol. The quantitative estimate of drug-likeness (QED) is 0.780. The first-order valence-electron chi connectivity index (χ1n) is 5.48. The molecule has 2 heterocycles. The Morgan fingerprint density at radius 2 is 2.00 bits per heavy atom. The zero-order valence-electron chi connectivity index (χ0n) is 9.46. The van der Waals surface area contributed by atoms with E-state index in [1.165, 1.54) is 0 Å². The zero-order chi connectivity index (χ0) is 12.8. The summed E-state index contributed by atoms with van der Waals surface area (Å²) in [6.45, 7) is 0.220. The van der Waals surface area contributed by atoms with Gasteiger partial charge in [0.15, 0.2) is 11.5 Å². The lowest BCUT2D eigenvalue weighted by Crippen LogP contribution is -2.28. The highest BCUT2D eigenvalue weighted by atomic mass is 32.2. The number of amides is 1. The molecule has 0 atom stereocenters. The molecular weight excluding hydrogens is 258 g/mol. The topological polar surface area (TPSA) is 72.9 Å². The first kappa shape index (κ1) is 11.3. The van der Waals surface area contributed by atoms with Gasteiger partial charge >= 0.3 is 0 Å². The van der Waals surface area contributed by atoms with Crippen LogP contribution in [-0.4, -0.2) is 31.2 Å². The van der Waals surface area contributed by atoms with Gasteiger partial charge in [0, 0.05) is 6.42 Å². The van der Waals surface area contributed by atoms with Crippen molar-refractivity contribution in [3.8, 4) is 11.5 Å². The van der Waals surface area contributed by atoms with Crippen molar-refractivity contribution in [2.75, 3.05) is 12.5 Å². The van der Waals surface area contributed by atoms with Gasteiger partial charge in [-0.1, -0.05) is 6.07 Å². The number of carbonyl (C=O) groups is 1. The second-order valence-corrected chi connectivity index (χ2v) is 6.17. The molecule has 0 bridgehead atoms. The largest absolute Gasteiger partial charge is 0.454 e. The Bertz CT molecular complexity index is 610. The van der Waals surface area contributed by atoms with E-state index in [1.807, 2.05) is 0 Å². The summed E-state index contributed by atoms with van der Waals surface area (Å²) in [6.07, 6.45) is 0.0624. The molecule has 0 aromatic heterocycles. The Labute approximate surface area is 104 Å². The van der Waals surface area contributed by atoms with Gasteiger partial charge in [-0.05, 0) is 17.7 Å². The van der Waals surface area contributed by atoms with Gasteiger partial charge in [-0.3, -0.25) is 4.79 Å². The molecular formula is C11H11NO5S. The van der Waals surface area contributed by atoms with Crippen molar-refractivity contribution in [3.63, 3.8) is 0 Å². The van der Waals surface area contributed by atoms with Gasteiger partial charge in [0.1, 0.15) is 0 Å². The molecule has 0 aliphatic carbocycles. The van der Waals surface area contributed by atoms with Crippen LogP contribution in [0.5, 0.6) is 11.5 Å². The van der Waals surface area contributed by atoms with Crippen LogP contribution in [0.1, 0.15) is 12.0 Å². The fraction of sp³-hybridized carbons (Fsp3) is 0.364. The minimum absolute atomic E-state index is 0.0534. The van der Waals surface area contributed by atoms with Crippen LogP contribution in [0.4, 0.5) is 0 Å². The van der Waals surface area contributed by atoms with Gasteiger partial charge in [-0.2, -0.15) is 0 Å². The van der Waals surface area contributed by atoms with Crippen molar-refractivity contribution in [2.45, 2.75) is 13.0 Å². The molecule has 0 saturated carbocycles. The van der Waals surface area contributed by atoms with Crippen molar-refractivity contribution in [1.29, 1.82) is 0 Å². The second-order valence-electron chi connectivity index (χ2n) is 4.15. The summed E-state index contributed by atoms with van der Waals surface area (Å²) in [7, 11) is -3.44. The first-order chi connectivity index (χ1) is 8.56. The predicted octanol–water partition coefficient (Wildman–Crippen LogP) is 0.477. The number of fused-ring (bicyclic) bond motifs is 1. The number of rotatable bonds is 2. The average molecular weight is 269 g/mol. The summed E-state index contributed by atoms with van der Waals surface area (Å²) in [5.74, 6) is 0.759. The Morgan fingerprint density at radius 3 is 2.72 bits per heavy atom. The molecule has 6 nitrogen and oxygen atoms in total. The summed E-state index contributed by atoms with van der Waals surface area (Å²) >= 11 is 0. The van der Waals surface area contributed by atoms with E-state index < -0.39 is 10.0 Å². The molecule has 1 saturated heterocycles. The van der Waals surface area contributed by atoms with Crippen LogP contribution in [0.15, 0.2) is 18.2 Å². The van der Waals surface area contributed by atoms with E-state index in [0.29, 0.717) is 17.1 Å². The number of hydrogen-bond acceptors (Lipinski definition) is 5. The molecule has 1 aromatic rings. The highest BCUT2D eigenvalue weighted by Gasteiger charge is 2.34. The lowest BCUT2D eigenvalue weighted by molar-refractivity contribution is -0.125. The summed E-state index contributed by atoms with van der Waals surface area (Å²) in [6, 6.07) is 5.14. The van der Waals surface area contributed by atoms with Gasteiger partial charge in [-0.25, -0.2) is 12.7 Å². The first-order valence-corrected chi connectivity index (χ1v) is 7.09. The van der Waals surface area contributed by atoms with E-state index in [1.54, 1.807) is 18.2 Å². The summed E-state index contributed by atoms with van der Waals surface area (Å²) in [5.41, 5.74) is 0.707. The number of ether oxygens (including phenoxy) is 2. The van der Waals surface area contributed by atoms with Gasteiger partial charge < -0.3 is 9.47 Å². The van der Waals surface area contributed by atoms with Gasteiger partial charge in [0.2, 0.25) is 22.7 Å². The van der Waals surface area contributed by atoms with E-state index in [2.05, 4.69) is 0 Å². The lowest BCUT2D eigenvalue weighted by atomic mass is 10.2. The van der Waals surface area contributed by atoms with Crippen LogP contribution in [0, 0.1) is 0 Å². The normalized spacial score (nSPS) is 20.4. The van der Waals surface area contributed by atoms with E-state index >= 15 is 0 Å². The number of benzene rings is 1. The Hall–Kier alpha value is -1.76. The van der Waals surface area contributed by atoms with E-state index in [4.69, 9.17) is 9.47 Å². The molecule has 18 heavy (non-hydrogen) atoms. The highest BCUT2D eigenvalue weighted by molar-refractivity contribution is 7.90. The third-order valence-corrected chi connectivity index (χ3v) is 4.68. The highest BCUT2D eigenvalue weighted by Crippen LogP contribution is 2.33. The number of hydrogen-bond donors (Lipinski definition) is 0. The van der Waals surface area contributed by atoms with Crippen LogP contribution < -0.4 is 9.47 Å². The second kappa shape index (κ2) is 3.88. The smallest absolute Gasteiger partial charge is 0.238 e. The molecule has 1 aromatic carbocycles. The maximum Gasteiger partial charge on any atom is 0.238 e. The molecule has 2 aliphatic rings. The third-order valence-electron chi connectivity index (χ3n) is 2.95. The molecule has 0 unspecified atom stereocenters. The van der Waals surface area contributed by atoms with Gasteiger partial charge in [0.05, 0.1) is 12.3 Å². The fourth-order valence-corrected chi connectivity index (χ4v) is 3.40. The number of carbonyl (C=O) groups excluding carboxylic acids is 1. The van der Waals surface area contributed by atoms with Crippen LogP contribution in [-0.2, 0) is 21.4 Å². The van der Waals surface area contributed by atoms with Crippen LogP contribution in [0.2, 0.25) is 0 Å². The molecule has 2 aliphatic heterocycles. The van der Waals surface area contributed by atoms with Crippen LogP contribution in [0.3, 0.4) is 0 Å². The van der Waals surface area contributed by atoms with Crippen LogP contribution >= 0.6 is 0 Å². The molecule has 0 spiro atoms. The lowest BCUT2D eigenvalue weighted by Gasteiger charge is -2.14. The van der Waals surface area contributed by atoms with Crippen molar-refractivity contribution >= 4 is 15.9 Å². The molecule has 1 fully saturated rings. The fourth-order valence-electron chi connectivity index (χ4n) is 2.00. The van der Waals surface area contributed by atoms with Crippen molar-refractivity contribution in [3.05, 3.63) is 23.8 Å². The SMILES string of the molecule is O=C1CCS(=O)(=O)N1Cc1ccc2c(c1)OCO2. The summed E-state index contributed by atoms with van der Waals surface area (Å²) in [4.78, 5) is 11.5. The minimum atomic E-state index is -3.44. The van der Waals surface area contributed by atoms with E-state index in [-0.39, 0.29) is 31.4 Å². The molecule has 1 amide bonds. The van der Waals surface area contributed by atoms with Gasteiger partial charge in [-0.15, -0.1) is 0 Å². The third kappa shape index (κ3) is 1.80. The molecule has 0 radical (unpaired) electrons. The van der Waals surface area contributed by atoms with Gasteiger partial charge in [0.25, 0.3) is 0 Å². The molecule has 96 valence electrons. The molecule has 7 heteroatoms. The Morgan fingerprint density at radius 1 is 1.22 bits per heavy atom. The molecule has 0 N–H and O–H groups in total. The zero-order valence-corrected chi connectivity index (χ0v) is 10.3. The Balaban J connectivity index is 1.87. The minimum Gasteiger partial charge on any atom is -0.454 e. The van der Waals surface area contributed by atoms with Crippen molar-refractivity contribution < 1.29 is 22.7 Å². The summed E-state index contributed by atoms with van der Waals surface area (Å²) < 4.78 is 34.6. The van der Waals surface area contributed by atoms with E-state index in [9.17, 15) is 13.2 Å². The number of sulfonamides is 1. The maximum atomic E-state index is 11.7. The maximum absolute atomic E-state index is 11.7. The van der Waals surface area contributed by atoms with Crippen LogP contribution in [0.25, 0.3) is 0 Å². The summed E-state index contributed by atoms with van der Waals surface area (Å²) in [5, 5.41) is 0. The average Bonchev–Trinajstić information content (AvgIpc) is 2.88. The Kier molecular flexibility index (Phi) is 2.44. The molecule has 3 rings (SSSR count).